The third kappa shape index (κ3) is 6.04. The zero-order valence-corrected chi connectivity index (χ0v) is 28.8. The van der Waals surface area contributed by atoms with Crippen LogP contribution in [-0.2, 0) is 38.9 Å². The molecular weight excluding hydrogens is 703 g/mol. The summed E-state index contributed by atoms with van der Waals surface area (Å²) in [6, 6.07) is 10.0. The van der Waals surface area contributed by atoms with Gasteiger partial charge in [-0.15, -0.1) is 5.10 Å². The molecule has 5 heterocycles. The second-order valence-electron chi connectivity index (χ2n) is 13.6. The zero-order chi connectivity index (χ0) is 36.4. The van der Waals surface area contributed by atoms with Crippen molar-refractivity contribution in [2.24, 2.45) is 0 Å². The average molecular weight is 736 g/mol. The van der Waals surface area contributed by atoms with Gasteiger partial charge < -0.3 is 23.9 Å². The summed E-state index contributed by atoms with van der Waals surface area (Å²) in [5, 5.41) is 7.00. The summed E-state index contributed by atoms with van der Waals surface area (Å²) < 4.78 is 53.9. The summed E-state index contributed by atoms with van der Waals surface area (Å²) in [7, 11) is 0. The van der Waals surface area contributed by atoms with Crippen molar-refractivity contribution in [2.75, 3.05) is 31.6 Å². The molecule has 1 fully saturated rings. The number of hydrogen-bond donors (Lipinski definition) is 1. The highest BCUT2D eigenvalue weighted by atomic mass is 35.5. The summed E-state index contributed by atoms with van der Waals surface area (Å²) in [4.78, 5) is 52.4. The van der Waals surface area contributed by atoms with Crippen LogP contribution in [0.4, 0.5) is 18.9 Å². The van der Waals surface area contributed by atoms with Crippen molar-refractivity contribution in [3.05, 3.63) is 92.5 Å². The van der Waals surface area contributed by atoms with Crippen LogP contribution in [0.2, 0.25) is 5.02 Å². The van der Waals surface area contributed by atoms with Crippen LogP contribution in [0, 0.1) is 0 Å². The van der Waals surface area contributed by atoms with Crippen molar-refractivity contribution in [1.82, 2.24) is 29.0 Å². The van der Waals surface area contributed by atoms with Gasteiger partial charge in [-0.1, -0.05) is 36.7 Å². The molecule has 1 aliphatic carbocycles. The number of nitrogens with one attached hydrogen (secondary N) is 1. The summed E-state index contributed by atoms with van der Waals surface area (Å²) in [6.45, 7) is 3.35. The van der Waals surface area contributed by atoms with Gasteiger partial charge in [-0.2, -0.15) is 22.7 Å². The van der Waals surface area contributed by atoms with Crippen molar-refractivity contribution < 1.29 is 31.9 Å². The number of fused-ring (bicyclic) bond motifs is 4. The largest absolute Gasteiger partial charge is 0.440 e. The van der Waals surface area contributed by atoms with E-state index in [2.05, 4.69) is 15.4 Å². The van der Waals surface area contributed by atoms with Gasteiger partial charge in [0.05, 0.1) is 29.5 Å². The van der Waals surface area contributed by atoms with Crippen LogP contribution in [0.5, 0.6) is 0 Å². The third-order valence-electron chi connectivity index (χ3n) is 10.3. The topological polar surface area (TPSA) is 137 Å². The number of carbonyl (C=O) groups is 2. The lowest BCUT2D eigenvalue weighted by Crippen LogP contribution is -2.47. The molecule has 3 aliphatic rings. The van der Waals surface area contributed by atoms with E-state index in [1.807, 2.05) is 31.2 Å². The number of piperidine rings is 1. The van der Waals surface area contributed by atoms with E-state index in [9.17, 15) is 27.6 Å². The fourth-order valence-electron chi connectivity index (χ4n) is 7.89. The van der Waals surface area contributed by atoms with Gasteiger partial charge in [0, 0.05) is 29.8 Å². The molecule has 1 spiro atoms. The molecular formula is C36H33ClF3N7O5. The maximum atomic E-state index is 14.5. The molecule has 1 atom stereocenters. The van der Waals surface area contributed by atoms with E-state index < -0.39 is 23.1 Å². The molecule has 16 heteroatoms. The van der Waals surface area contributed by atoms with Gasteiger partial charge in [-0.05, 0) is 67.5 Å². The van der Waals surface area contributed by atoms with Crippen LogP contribution in [0.1, 0.15) is 67.1 Å². The fourth-order valence-corrected chi connectivity index (χ4v) is 8.12. The number of amides is 2. The highest BCUT2D eigenvalue weighted by molar-refractivity contribution is 6.33. The highest BCUT2D eigenvalue weighted by Gasteiger charge is 2.49. The molecule has 2 amide bonds. The molecule has 3 aromatic heterocycles. The van der Waals surface area contributed by atoms with Crippen molar-refractivity contribution in [3.63, 3.8) is 0 Å². The number of alkyl halides is 3. The Balaban J connectivity index is 1.12. The van der Waals surface area contributed by atoms with Crippen molar-refractivity contribution >= 4 is 51.6 Å². The van der Waals surface area contributed by atoms with Crippen molar-refractivity contribution in [1.29, 1.82) is 0 Å². The van der Waals surface area contributed by atoms with Crippen LogP contribution >= 0.6 is 11.6 Å². The highest BCUT2D eigenvalue weighted by Crippen LogP contribution is 2.50. The van der Waals surface area contributed by atoms with Crippen LogP contribution < -0.4 is 10.9 Å². The van der Waals surface area contributed by atoms with Crippen LogP contribution in [0.25, 0.3) is 22.5 Å². The van der Waals surface area contributed by atoms with Gasteiger partial charge in [-0.3, -0.25) is 14.4 Å². The molecule has 5 aromatic rings. The molecule has 2 aliphatic heterocycles. The maximum Gasteiger partial charge on any atom is 0.416 e. The number of ether oxygens (including phenoxy) is 1. The molecule has 0 saturated carbocycles. The summed E-state index contributed by atoms with van der Waals surface area (Å²) >= 11 is 6.16. The van der Waals surface area contributed by atoms with E-state index in [-0.39, 0.29) is 46.8 Å². The second kappa shape index (κ2) is 12.9. The first-order valence-corrected chi connectivity index (χ1v) is 17.4. The van der Waals surface area contributed by atoms with E-state index >= 15 is 0 Å². The minimum Gasteiger partial charge on any atom is -0.440 e. The Hall–Kier alpha value is -5.02. The number of halogens is 4. The minimum atomic E-state index is -4.60. The van der Waals surface area contributed by atoms with Crippen molar-refractivity contribution in [3.8, 4) is 0 Å². The molecule has 1 N–H and O–H groups in total. The van der Waals surface area contributed by atoms with Gasteiger partial charge in [0.25, 0.3) is 5.56 Å². The lowest BCUT2D eigenvalue weighted by molar-refractivity contribution is -0.137. The van der Waals surface area contributed by atoms with E-state index in [0.717, 1.165) is 23.8 Å². The quantitative estimate of drug-likeness (QED) is 0.233. The van der Waals surface area contributed by atoms with Gasteiger partial charge >= 0.3 is 6.18 Å². The number of para-hydroxylation sites is 2. The molecule has 12 nitrogen and oxygen atoms in total. The number of rotatable bonds is 6. The standard InChI is InChI=1S/C36H33ClF3N7O5/c1-20-18-35(10-12-45(13-11-35)29(49)17-28-42-25-4-2-3-5-26(25)52-28)30-31(20)46(19-27(48)41-24-7-6-22(16-23(24)37)36(38,39)40)34-43-32(44-47(34)33(30)50)21-8-14-51-15-9-21/h2-8,16,20H,9-15,17-19H2,1H3,(H,41,48). The molecule has 1 saturated heterocycles. The number of oxazole rings is 1. The Morgan fingerprint density at radius 3 is 2.62 bits per heavy atom. The van der Waals surface area contributed by atoms with Crippen LogP contribution in [-0.4, -0.2) is 67.2 Å². The normalized spacial score (nSPS) is 18.6. The minimum absolute atomic E-state index is 0.0160. The Morgan fingerprint density at radius 1 is 1.12 bits per heavy atom. The smallest absolute Gasteiger partial charge is 0.416 e. The lowest BCUT2D eigenvalue weighted by atomic mass is 9.73. The molecule has 0 radical (unpaired) electrons. The zero-order valence-electron chi connectivity index (χ0n) is 28.0. The van der Waals surface area contributed by atoms with Gasteiger partial charge in [0.15, 0.2) is 11.4 Å². The van der Waals surface area contributed by atoms with Gasteiger partial charge in [0.2, 0.25) is 23.5 Å². The number of carbonyl (C=O) groups excluding carboxylic acids is 2. The Morgan fingerprint density at radius 2 is 1.90 bits per heavy atom. The summed E-state index contributed by atoms with van der Waals surface area (Å²) in [5.74, 6) is 0.00970. The molecule has 270 valence electrons. The number of anilines is 1. The predicted octanol–water partition coefficient (Wildman–Crippen LogP) is 5.76. The van der Waals surface area contributed by atoms with Crippen molar-refractivity contribution in [2.45, 2.75) is 63.1 Å². The third-order valence-corrected chi connectivity index (χ3v) is 10.6. The number of hydrogen-bond acceptors (Lipinski definition) is 8. The second-order valence-corrected chi connectivity index (χ2v) is 14.0. The number of nitrogens with zero attached hydrogens (tertiary/aromatic N) is 6. The molecule has 1 unspecified atom stereocenters. The fraction of sp³-hybridized carbons (Fsp3) is 0.389. The lowest BCUT2D eigenvalue weighted by Gasteiger charge is -2.39. The van der Waals surface area contributed by atoms with E-state index in [1.165, 1.54) is 4.52 Å². The average Bonchev–Trinajstić information content (AvgIpc) is 3.82. The van der Waals surface area contributed by atoms with Gasteiger partial charge in [-0.25, -0.2) is 4.98 Å². The molecule has 2 aromatic carbocycles. The first-order chi connectivity index (χ1) is 24.9. The van der Waals surface area contributed by atoms with Crippen LogP contribution in [0.15, 0.2) is 57.8 Å². The first kappa shape index (κ1) is 34.1. The monoisotopic (exact) mass is 735 g/mol. The van der Waals surface area contributed by atoms with Crippen LogP contribution in [0.3, 0.4) is 0 Å². The molecule has 52 heavy (non-hydrogen) atoms. The van der Waals surface area contributed by atoms with E-state index in [1.54, 1.807) is 15.5 Å². The molecule has 8 rings (SSSR count). The summed E-state index contributed by atoms with van der Waals surface area (Å²) in [6.07, 6.45) is -0.532. The predicted molar refractivity (Wildman–Crippen MR) is 184 cm³/mol. The number of likely N-dealkylation sites (tertiary alicyclic amines) is 1. The SMILES string of the molecule is CC1CC2(CCN(C(=O)Cc3nc4ccccc4o3)CC2)c2c1n(CC(=O)Nc1ccc(C(F)(F)F)cc1Cl)c1nc(C3=CCOCC3)nn1c2=O. The Labute approximate surface area is 299 Å². The number of aromatic nitrogens is 5. The van der Waals surface area contributed by atoms with E-state index in [0.29, 0.717) is 86.1 Å². The molecule has 0 bridgehead atoms. The Kier molecular flexibility index (Phi) is 8.44. The summed E-state index contributed by atoms with van der Waals surface area (Å²) in [5.41, 5.74) is 1.46. The maximum absolute atomic E-state index is 14.5. The van der Waals surface area contributed by atoms with Gasteiger partial charge in [0.1, 0.15) is 18.5 Å². The Bertz CT molecular complexity index is 2310. The number of benzene rings is 2. The van der Waals surface area contributed by atoms with E-state index in [4.69, 9.17) is 25.7 Å². The first-order valence-electron chi connectivity index (χ1n) is 17.0.